The van der Waals surface area contributed by atoms with Gasteiger partial charge >= 0.3 is 0 Å². The minimum Gasteiger partial charge on any atom is -0.357 e. The number of likely N-dealkylation sites (tertiary alicyclic amines) is 1. The standard InChI is InChI=1S/C22H42N6O/c1-3-23-22(24-11-15-27-13-7-12-26(2)16-17-27)25-20-10-14-28(18-20)21(29)19-8-5-4-6-9-19/h19-20H,3-18H2,1-2H3,(H2,23,24,25). The number of rotatable bonds is 6. The molecule has 0 aromatic carbocycles. The lowest BCUT2D eigenvalue weighted by molar-refractivity contribution is -0.135. The quantitative estimate of drug-likeness (QED) is 0.515. The highest BCUT2D eigenvalue weighted by molar-refractivity contribution is 5.81. The molecule has 7 nitrogen and oxygen atoms in total. The van der Waals surface area contributed by atoms with E-state index >= 15 is 0 Å². The van der Waals surface area contributed by atoms with E-state index in [1.807, 2.05) is 0 Å². The van der Waals surface area contributed by atoms with Gasteiger partial charge in [-0.1, -0.05) is 19.3 Å². The molecular weight excluding hydrogens is 364 g/mol. The number of guanidine groups is 1. The van der Waals surface area contributed by atoms with E-state index in [0.717, 1.165) is 71.0 Å². The average molecular weight is 407 g/mol. The molecule has 1 saturated carbocycles. The fraction of sp³-hybridized carbons (Fsp3) is 0.909. The summed E-state index contributed by atoms with van der Waals surface area (Å²) in [7, 11) is 2.21. The van der Waals surface area contributed by atoms with Crippen LogP contribution in [-0.2, 0) is 4.79 Å². The highest BCUT2D eigenvalue weighted by Crippen LogP contribution is 2.26. The number of nitrogens with zero attached hydrogens (tertiary/aromatic N) is 4. The zero-order chi connectivity index (χ0) is 20.5. The minimum atomic E-state index is 0.275. The zero-order valence-corrected chi connectivity index (χ0v) is 18.7. The maximum atomic E-state index is 12.8. The molecule has 1 unspecified atom stereocenters. The summed E-state index contributed by atoms with van der Waals surface area (Å²) in [5, 5.41) is 6.96. The van der Waals surface area contributed by atoms with Crippen LogP contribution in [0, 0.1) is 5.92 Å². The van der Waals surface area contributed by atoms with Gasteiger partial charge in [-0.25, -0.2) is 0 Å². The lowest BCUT2D eigenvalue weighted by atomic mass is 9.88. The van der Waals surface area contributed by atoms with Crippen molar-refractivity contribution in [3.8, 4) is 0 Å². The summed E-state index contributed by atoms with van der Waals surface area (Å²) >= 11 is 0. The monoisotopic (exact) mass is 406 g/mol. The Morgan fingerprint density at radius 1 is 1.00 bits per heavy atom. The van der Waals surface area contributed by atoms with Gasteiger partial charge in [0.05, 0.1) is 6.54 Å². The van der Waals surface area contributed by atoms with Crippen LogP contribution in [0.15, 0.2) is 4.99 Å². The van der Waals surface area contributed by atoms with E-state index in [1.165, 1.54) is 38.8 Å². The van der Waals surface area contributed by atoms with Gasteiger partial charge in [-0.05, 0) is 52.7 Å². The van der Waals surface area contributed by atoms with Gasteiger partial charge in [0.25, 0.3) is 0 Å². The summed E-state index contributed by atoms with van der Waals surface area (Å²) in [6, 6.07) is 0.312. The van der Waals surface area contributed by atoms with Crippen molar-refractivity contribution >= 4 is 11.9 Å². The summed E-state index contributed by atoms with van der Waals surface area (Å²) in [6.45, 7) is 11.1. The third-order valence-electron chi connectivity index (χ3n) is 6.64. The average Bonchev–Trinajstić information content (AvgIpc) is 3.10. The number of carbonyl (C=O) groups excluding carboxylic acids is 1. The SMILES string of the molecule is CCNC(=NCCN1CCCN(C)CC1)NC1CCN(C(=O)C2CCCCC2)C1. The largest absolute Gasteiger partial charge is 0.357 e. The molecule has 3 fully saturated rings. The van der Waals surface area contributed by atoms with Crippen LogP contribution in [0.3, 0.4) is 0 Å². The number of carbonyl (C=O) groups is 1. The molecule has 2 saturated heterocycles. The van der Waals surface area contributed by atoms with Gasteiger partial charge in [0.2, 0.25) is 5.91 Å². The fourth-order valence-corrected chi connectivity index (χ4v) is 4.83. The van der Waals surface area contributed by atoms with Crippen molar-refractivity contribution in [2.75, 3.05) is 66.0 Å². The van der Waals surface area contributed by atoms with E-state index in [2.05, 4.69) is 39.3 Å². The fourth-order valence-electron chi connectivity index (χ4n) is 4.83. The van der Waals surface area contributed by atoms with E-state index < -0.39 is 0 Å². The summed E-state index contributed by atoms with van der Waals surface area (Å²) in [4.78, 5) is 24.6. The molecule has 2 heterocycles. The van der Waals surface area contributed by atoms with E-state index in [9.17, 15) is 4.79 Å². The summed E-state index contributed by atoms with van der Waals surface area (Å²) < 4.78 is 0. The maximum Gasteiger partial charge on any atom is 0.225 e. The minimum absolute atomic E-state index is 0.275. The Balaban J connectivity index is 1.43. The first kappa shape index (κ1) is 22.3. The smallest absolute Gasteiger partial charge is 0.225 e. The van der Waals surface area contributed by atoms with E-state index in [4.69, 9.17) is 4.99 Å². The Morgan fingerprint density at radius 2 is 1.83 bits per heavy atom. The molecule has 0 aromatic heterocycles. The molecule has 0 bridgehead atoms. The molecule has 0 aromatic rings. The van der Waals surface area contributed by atoms with Crippen LogP contribution in [0.1, 0.15) is 51.9 Å². The second-order valence-corrected chi connectivity index (χ2v) is 9.01. The molecule has 166 valence electrons. The lowest BCUT2D eigenvalue weighted by Crippen LogP contribution is -2.46. The van der Waals surface area contributed by atoms with Crippen molar-refractivity contribution in [2.24, 2.45) is 10.9 Å². The second kappa shape index (κ2) is 11.7. The molecule has 2 aliphatic heterocycles. The third-order valence-corrected chi connectivity index (χ3v) is 6.64. The Morgan fingerprint density at radius 3 is 2.62 bits per heavy atom. The van der Waals surface area contributed by atoms with Gasteiger partial charge in [-0.2, -0.15) is 0 Å². The van der Waals surface area contributed by atoms with Gasteiger partial charge in [0, 0.05) is 51.2 Å². The molecule has 2 N–H and O–H groups in total. The highest BCUT2D eigenvalue weighted by Gasteiger charge is 2.31. The maximum absolute atomic E-state index is 12.8. The van der Waals surface area contributed by atoms with Crippen LogP contribution in [0.2, 0.25) is 0 Å². The third kappa shape index (κ3) is 7.14. The molecule has 0 radical (unpaired) electrons. The van der Waals surface area contributed by atoms with Crippen LogP contribution in [0.4, 0.5) is 0 Å². The number of amides is 1. The van der Waals surface area contributed by atoms with Crippen LogP contribution >= 0.6 is 0 Å². The lowest BCUT2D eigenvalue weighted by Gasteiger charge is -2.26. The van der Waals surface area contributed by atoms with E-state index in [1.54, 1.807) is 0 Å². The van der Waals surface area contributed by atoms with E-state index in [0.29, 0.717) is 11.9 Å². The summed E-state index contributed by atoms with van der Waals surface area (Å²) in [5.74, 6) is 1.57. The molecule has 29 heavy (non-hydrogen) atoms. The van der Waals surface area contributed by atoms with Crippen LogP contribution < -0.4 is 10.6 Å². The first-order valence-corrected chi connectivity index (χ1v) is 11.9. The van der Waals surface area contributed by atoms with Crippen LogP contribution in [0.5, 0.6) is 0 Å². The van der Waals surface area contributed by atoms with Crippen molar-refractivity contribution in [2.45, 2.75) is 57.9 Å². The Kier molecular flexibility index (Phi) is 9.05. The molecular formula is C22H42N6O. The van der Waals surface area contributed by atoms with Crippen LogP contribution in [-0.4, -0.2) is 98.6 Å². The number of hydrogen-bond donors (Lipinski definition) is 2. The zero-order valence-electron chi connectivity index (χ0n) is 18.7. The Hall–Kier alpha value is -1.34. The van der Waals surface area contributed by atoms with Crippen molar-refractivity contribution in [3.63, 3.8) is 0 Å². The first-order valence-electron chi connectivity index (χ1n) is 11.9. The van der Waals surface area contributed by atoms with Gasteiger partial charge in [-0.15, -0.1) is 0 Å². The number of likely N-dealkylation sites (N-methyl/N-ethyl adjacent to an activating group) is 1. The molecule has 1 aliphatic carbocycles. The van der Waals surface area contributed by atoms with Crippen molar-refractivity contribution < 1.29 is 4.79 Å². The number of aliphatic imine (C=N–C) groups is 1. The van der Waals surface area contributed by atoms with Crippen molar-refractivity contribution in [3.05, 3.63) is 0 Å². The Bertz CT molecular complexity index is 533. The summed E-state index contributed by atoms with van der Waals surface area (Å²) in [6.07, 6.45) is 8.16. The molecule has 3 rings (SSSR count). The second-order valence-electron chi connectivity index (χ2n) is 9.01. The van der Waals surface area contributed by atoms with Gasteiger partial charge in [-0.3, -0.25) is 9.79 Å². The molecule has 7 heteroatoms. The molecule has 3 aliphatic rings. The first-order chi connectivity index (χ1) is 14.2. The van der Waals surface area contributed by atoms with Gasteiger partial charge in [0.1, 0.15) is 0 Å². The Labute approximate surface area is 177 Å². The van der Waals surface area contributed by atoms with Gasteiger partial charge in [0.15, 0.2) is 5.96 Å². The molecule has 1 atom stereocenters. The topological polar surface area (TPSA) is 63.2 Å². The number of nitrogens with one attached hydrogen (secondary N) is 2. The van der Waals surface area contributed by atoms with Crippen molar-refractivity contribution in [1.29, 1.82) is 0 Å². The normalized spacial score (nSPS) is 25.8. The predicted octanol–water partition coefficient (Wildman–Crippen LogP) is 1.36. The van der Waals surface area contributed by atoms with E-state index in [-0.39, 0.29) is 5.92 Å². The van der Waals surface area contributed by atoms with Crippen molar-refractivity contribution in [1.82, 2.24) is 25.3 Å². The predicted molar refractivity (Wildman–Crippen MR) is 119 cm³/mol. The highest BCUT2D eigenvalue weighted by atomic mass is 16.2. The summed E-state index contributed by atoms with van der Waals surface area (Å²) in [5.41, 5.74) is 0. The number of hydrogen-bond acceptors (Lipinski definition) is 4. The molecule has 1 amide bonds. The van der Waals surface area contributed by atoms with Crippen LogP contribution in [0.25, 0.3) is 0 Å². The molecule has 0 spiro atoms. The van der Waals surface area contributed by atoms with Gasteiger partial charge < -0.3 is 25.3 Å².